The lowest BCUT2D eigenvalue weighted by atomic mass is 10.1. The normalized spacial score (nSPS) is 20.7. The van der Waals surface area contributed by atoms with Crippen molar-refractivity contribution < 1.29 is 19.1 Å². The van der Waals surface area contributed by atoms with Crippen LogP contribution in [0.25, 0.3) is 0 Å². The van der Waals surface area contributed by atoms with Gasteiger partial charge in [-0.3, -0.25) is 4.79 Å². The van der Waals surface area contributed by atoms with Crippen molar-refractivity contribution in [1.29, 1.82) is 0 Å². The van der Waals surface area contributed by atoms with Gasteiger partial charge in [0.05, 0.1) is 0 Å². The summed E-state index contributed by atoms with van der Waals surface area (Å²) in [7, 11) is 0. The quantitative estimate of drug-likeness (QED) is 0.819. The van der Waals surface area contributed by atoms with Crippen molar-refractivity contribution in [2.75, 3.05) is 6.61 Å². The first kappa shape index (κ1) is 10.2. The smallest absolute Gasteiger partial charge is 0.312 e. The zero-order valence-corrected chi connectivity index (χ0v) is 8.52. The summed E-state index contributed by atoms with van der Waals surface area (Å²) in [5.41, 5.74) is 0.753. The van der Waals surface area contributed by atoms with Crippen LogP contribution >= 0.6 is 0 Å². The predicted molar refractivity (Wildman–Crippen MR) is 50.5 cm³/mol. The molecule has 1 fully saturated rings. The minimum absolute atomic E-state index is 0.0173. The first-order valence-corrected chi connectivity index (χ1v) is 4.96. The molecule has 5 heteroatoms. The van der Waals surface area contributed by atoms with Crippen LogP contribution in [0.5, 0.6) is 0 Å². The molecule has 82 valence electrons. The third-order valence-corrected chi connectivity index (χ3v) is 2.41. The molecule has 15 heavy (non-hydrogen) atoms. The fourth-order valence-corrected chi connectivity index (χ4v) is 1.76. The van der Waals surface area contributed by atoms with Crippen LogP contribution in [0.3, 0.4) is 0 Å². The molecule has 0 amide bonds. The Labute approximate surface area is 87.1 Å². The SMILES string of the molecule is Cc1oc(CC(=O)O)nc1C1CCCO1. The van der Waals surface area contributed by atoms with Gasteiger partial charge in [0, 0.05) is 6.61 Å². The van der Waals surface area contributed by atoms with E-state index in [9.17, 15) is 4.79 Å². The van der Waals surface area contributed by atoms with Gasteiger partial charge in [0.15, 0.2) is 0 Å². The van der Waals surface area contributed by atoms with Crippen LogP contribution in [0.4, 0.5) is 0 Å². The number of carbonyl (C=O) groups is 1. The third kappa shape index (κ3) is 2.18. The molecule has 1 aliphatic heterocycles. The molecule has 0 spiro atoms. The molecule has 0 radical (unpaired) electrons. The monoisotopic (exact) mass is 211 g/mol. The second kappa shape index (κ2) is 4.02. The summed E-state index contributed by atoms with van der Waals surface area (Å²) in [6.45, 7) is 2.53. The van der Waals surface area contributed by atoms with Crippen LogP contribution in [0.1, 0.15) is 36.3 Å². The van der Waals surface area contributed by atoms with Gasteiger partial charge < -0.3 is 14.3 Å². The van der Waals surface area contributed by atoms with Gasteiger partial charge in [-0.05, 0) is 19.8 Å². The third-order valence-electron chi connectivity index (χ3n) is 2.41. The zero-order valence-electron chi connectivity index (χ0n) is 8.52. The second-order valence-corrected chi connectivity index (χ2v) is 3.62. The van der Waals surface area contributed by atoms with E-state index in [-0.39, 0.29) is 18.4 Å². The Morgan fingerprint density at radius 3 is 3.07 bits per heavy atom. The number of carboxylic acid groups (broad SMARTS) is 1. The number of oxazole rings is 1. The number of hydrogen-bond acceptors (Lipinski definition) is 4. The van der Waals surface area contributed by atoms with E-state index < -0.39 is 5.97 Å². The van der Waals surface area contributed by atoms with Gasteiger partial charge in [-0.1, -0.05) is 0 Å². The minimum Gasteiger partial charge on any atom is -0.481 e. The van der Waals surface area contributed by atoms with Gasteiger partial charge in [-0.15, -0.1) is 0 Å². The Hall–Kier alpha value is -1.36. The highest BCUT2D eigenvalue weighted by Gasteiger charge is 2.24. The number of rotatable bonds is 3. The Bertz CT molecular complexity index is 365. The highest BCUT2D eigenvalue weighted by atomic mass is 16.5. The van der Waals surface area contributed by atoms with E-state index in [1.54, 1.807) is 6.92 Å². The van der Waals surface area contributed by atoms with E-state index in [2.05, 4.69) is 4.98 Å². The molecular weight excluding hydrogens is 198 g/mol. The van der Waals surface area contributed by atoms with Crippen molar-refractivity contribution in [3.8, 4) is 0 Å². The molecule has 2 rings (SSSR count). The first-order valence-electron chi connectivity index (χ1n) is 4.96. The Balaban J connectivity index is 2.17. The van der Waals surface area contributed by atoms with Gasteiger partial charge in [-0.25, -0.2) is 4.98 Å². The van der Waals surface area contributed by atoms with Crippen molar-refractivity contribution in [2.24, 2.45) is 0 Å². The maximum atomic E-state index is 10.5. The molecule has 0 saturated carbocycles. The summed E-state index contributed by atoms with van der Waals surface area (Å²) in [5.74, 6) is -0.0150. The number of aryl methyl sites for hydroxylation is 1. The predicted octanol–water partition coefficient (Wildman–Crippen LogP) is 1.46. The van der Waals surface area contributed by atoms with E-state index in [1.165, 1.54) is 0 Å². The summed E-state index contributed by atoms with van der Waals surface area (Å²) in [6, 6.07) is 0. The Morgan fingerprint density at radius 2 is 2.47 bits per heavy atom. The van der Waals surface area contributed by atoms with Crippen molar-refractivity contribution in [1.82, 2.24) is 4.98 Å². The number of hydrogen-bond donors (Lipinski definition) is 1. The summed E-state index contributed by atoms with van der Waals surface area (Å²) >= 11 is 0. The van der Waals surface area contributed by atoms with Crippen LogP contribution in [-0.2, 0) is 16.0 Å². The Kier molecular flexibility index (Phi) is 2.73. The average Bonchev–Trinajstić information content (AvgIpc) is 2.72. The van der Waals surface area contributed by atoms with E-state index >= 15 is 0 Å². The summed E-state index contributed by atoms with van der Waals surface area (Å²) in [6.07, 6.45) is 1.76. The van der Waals surface area contributed by atoms with Crippen molar-refractivity contribution in [3.63, 3.8) is 0 Å². The highest BCUT2D eigenvalue weighted by Crippen LogP contribution is 2.30. The Morgan fingerprint density at radius 1 is 1.67 bits per heavy atom. The molecule has 1 aromatic rings. The number of nitrogens with zero attached hydrogens (tertiary/aromatic N) is 1. The minimum atomic E-state index is -0.935. The van der Waals surface area contributed by atoms with E-state index in [0.29, 0.717) is 5.76 Å². The van der Waals surface area contributed by atoms with Crippen molar-refractivity contribution >= 4 is 5.97 Å². The van der Waals surface area contributed by atoms with Crippen LogP contribution in [0.2, 0.25) is 0 Å². The first-order chi connectivity index (χ1) is 7.16. The van der Waals surface area contributed by atoms with E-state index in [0.717, 1.165) is 25.1 Å². The van der Waals surface area contributed by atoms with Gasteiger partial charge in [-0.2, -0.15) is 0 Å². The maximum absolute atomic E-state index is 10.5. The zero-order chi connectivity index (χ0) is 10.8. The highest BCUT2D eigenvalue weighted by molar-refractivity contribution is 5.68. The molecule has 1 N–H and O–H groups in total. The number of ether oxygens (including phenoxy) is 1. The molecule has 2 heterocycles. The van der Waals surface area contributed by atoms with Gasteiger partial charge >= 0.3 is 5.97 Å². The lowest BCUT2D eigenvalue weighted by Crippen LogP contribution is -2.02. The van der Waals surface area contributed by atoms with Crippen LogP contribution in [0.15, 0.2) is 4.42 Å². The molecule has 1 aromatic heterocycles. The summed E-state index contributed by atoms with van der Waals surface area (Å²) in [5, 5.41) is 8.60. The largest absolute Gasteiger partial charge is 0.481 e. The van der Waals surface area contributed by atoms with Crippen LogP contribution < -0.4 is 0 Å². The number of carboxylic acids is 1. The fraction of sp³-hybridized carbons (Fsp3) is 0.600. The fourth-order valence-electron chi connectivity index (χ4n) is 1.76. The molecule has 0 aliphatic carbocycles. The summed E-state index contributed by atoms with van der Waals surface area (Å²) < 4.78 is 10.7. The van der Waals surface area contributed by atoms with E-state index in [4.69, 9.17) is 14.3 Å². The average molecular weight is 211 g/mol. The van der Waals surface area contributed by atoms with Gasteiger partial charge in [0.1, 0.15) is 24.0 Å². The molecule has 1 aliphatic rings. The molecule has 5 nitrogen and oxygen atoms in total. The molecule has 1 atom stereocenters. The van der Waals surface area contributed by atoms with Crippen LogP contribution in [-0.4, -0.2) is 22.7 Å². The van der Waals surface area contributed by atoms with Crippen LogP contribution in [0, 0.1) is 6.92 Å². The van der Waals surface area contributed by atoms with E-state index in [1.807, 2.05) is 0 Å². The van der Waals surface area contributed by atoms with Gasteiger partial charge in [0.2, 0.25) is 5.89 Å². The molecular formula is C10H13NO4. The number of aromatic nitrogens is 1. The standard InChI is InChI=1S/C10H13NO4/c1-6-10(7-3-2-4-14-7)11-8(15-6)5-9(12)13/h7H,2-5H2,1H3,(H,12,13). The molecule has 1 unspecified atom stereocenters. The number of aliphatic carboxylic acids is 1. The molecule has 1 saturated heterocycles. The molecule has 0 bridgehead atoms. The lowest BCUT2D eigenvalue weighted by molar-refractivity contribution is -0.136. The van der Waals surface area contributed by atoms with Crippen molar-refractivity contribution in [2.45, 2.75) is 32.3 Å². The van der Waals surface area contributed by atoms with Crippen molar-refractivity contribution in [3.05, 3.63) is 17.3 Å². The lowest BCUT2D eigenvalue weighted by Gasteiger charge is -2.04. The second-order valence-electron chi connectivity index (χ2n) is 3.62. The van der Waals surface area contributed by atoms with Gasteiger partial charge in [0.25, 0.3) is 0 Å². The molecule has 0 aromatic carbocycles. The summed E-state index contributed by atoms with van der Waals surface area (Å²) in [4.78, 5) is 14.6. The topological polar surface area (TPSA) is 72.6 Å². The maximum Gasteiger partial charge on any atom is 0.312 e.